The Morgan fingerprint density at radius 3 is 2.33 bits per heavy atom. The third kappa shape index (κ3) is 8.86. The highest BCUT2D eigenvalue weighted by atomic mass is 32.2. The van der Waals surface area contributed by atoms with Crippen LogP contribution in [0.4, 0.5) is 4.79 Å². The molecule has 0 aliphatic carbocycles. The Labute approximate surface area is 132 Å². The number of alkyl carbamates (subject to hydrolysis) is 1. The Morgan fingerprint density at radius 1 is 1.14 bits per heavy atom. The number of thioether (sulfide) groups is 1. The molecule has 21 heavy (non-hydrogen) atoms. The summed E-state index contributed by atoms with van der Waals surface area (Å²) in [5.74, 6) is 1.44. The van der Waals surface area contributed by atoms with Crippen LogP contribution >= 0.6 is 11.8 Å². The third-order valence-electron chi connectivity index (χ3n) is 3.10. The standard InChI is InChI=1S/C15H28N2O3S/c1-15(2,3)20-14(19)16-8-11-21-12-13(18)17-9-6-4-5-7-10-17/h4-12H2,1-3H3,(H,16,19). The molecule has 0 aromatic heterocycles. The van der Waals surface area contributed by atoms with Gasteiger partial charge in [0.05, 0.1) is 5.75 Å². The first kappa shape index (κ1) is 18.1. The van der Waals surface area contributed by atoms with Crippen molar-refractivity contribution in [2.75, 3.05) is 31.1 Å². The highest BCUT2D eigenvalue weighted by Crippen LogP contribution is 2.11. The molecule has 1 fully saturated rings. The molecule has 0 spiro atoms. The molecule has 1 aliphatic heterocycles. The van der Waals surface area contributed by atoms with Gasteiger partial charge in [-0.25, -0.2) is 4.79 Å². The number of rotatable bonds is 5. The summed E-state index contributed by atoms with van der Waals surface area (Å²) >= 11 is 1.56. The number of hydrogen-bond acceptors (Lipinski definition) is 4. The fourth-order valence-electron chi connectivity index (χ4n) is 2.11. The molecule has 122 valence electrons. The lowest BCUT2D eigenvalue weighted by Crippen LogP contribution is -2.34. The van der Waals surface area contributed by atoms with Crippen LogP contribution < -0.4 is 5.32 Å². The van der Waals surface area contributed by atoms with E-state index >= 15 is 0 Å². The van der Waals surface area contributed by atoms with Gasteiger partial charge in [-0.1, -0.05) is 12.8 Å². The molecule has 0 saturated carbocycles. The minimum absolute atomic E-state index is 0.221. The van der Waals surface area contributed by atoms with Crippen LogP contribution in [0.3, 0.4) is 0 Å². The number of nitrogens with zero attached hydrogens (tertiary/aromatic N) is 1. The van der Waals surface area contributed by atoms with Gasteiger partial charge in [0, 0.05) is 25.4 Å². The molecule has 0 radical (unpaired) electrons. The molecular formula is C15H28N2O3S. The van der Waals surface area contributed by atoms with E-state index in [2.05, 4.69) is 5.32 Å². The second-order valence-corrected chi connectivity index (χ2v) is 7.38. The second-order valence-electron chi connectivity index (χ2n) is 6.28. The van der Waals surface area contributed by atoms with Gasteiger partial charge in [-0.15, -0.1) is 0 Å². The lowest BCUT2D eigenvalue weighted by molar-refractivity contribution is -0.128. The third-order valence-corrected chi connectivity index (χ3v) is 4.04. The van der Waals surface area contributed by atoms with E-state index in [9.17, 15) is 9.59 Å². The molecule has 1 N–H and O–H groups in total. The first-order valence-electron chi connectivity index (χ1n) is 7.71. The van der Waals surface area contributed by atoms with Gasteiger partial charge in [-0.3, -0.25) is 4.79 Å². The maximum atomic E-state index is 12.0. The smallest absolute Gasteiger partial charge is 0.407 e. The van der Waals surface area contributed by atoms with Gasteiger partial charge >= 0.3 is 6.09 Å². The van der Waals surface area contributed by atoms with Crippen molar-refractivity contribution in [1.82, 2.24) is 10.2 Å². The Bertz CT molecular complexity index is 334. The average Bonchev–Trinajstić information content (AvgIpc) is 2.64. The fraction of sp³-hybridized carbons (Fsp3) is 0.867. The lowest BCUT2D eigenvalue weighted by atomic mass is 10.2. The monoisotopic (exact) mass is 316 g/mol. The van der Waals surface area contributed by atoms with Crippen molar-refractivity contribution >= 4 is 23.8 Å². The zero-order valence-corrected chi connectivity index (χ0v) is 14.3. The molecule has 0 atom stereocenters. The highest BCUT2D eigenvalue weighted by Gasteiger charge is 2.16. The molecule has 0 aromatic rings. The lowest BCUT2D eigenvalue weighted by Gasteiger charge is -2.20. The van der Waals surface area contributed by atoms with E-state index in [1.165, 1.54) is 12.8 Å². The zero-order valence-electron chi connectivity index (χ0n) is 13.4. The van der Waals surface area contributed by atoms with Crippen molar-refractivity contribution in [2.24, 2.45) is 0 Å². The van der Waals surface area contributed by atoms with Gasteiger partial charge < -0.3 is 15.0 Å². The van der Waals surface area contributed by atoms with E-state index in [0.717, 1.165) is 31.7 Å². The molecule has 0 bridgehead atoms. The SMILES string of the molecule is CC(C)(C)OC(=O)NCCSCC(=O)N1CCCCCC1. The Kier molecular flexibility index (Phi) is 7.93. The van der Waals surface area contributed by atoms with Crippen LogP contribution in [0.2, 0.25) is 0 Å². The minimum atomic E-state index is -0.472. The number of carbonyl (C=O) groups excluding carboxylic acids is 2. The normalized spacial score (nSPS) is 16.2. The summed E-state index contributed by atoms with van der Waals surface area (Å²) in [7, 11) is 0. The number of carbonyl (C=O) groups is 2. The van der Waals surface area contributed by atoms with Crippen LogP contribution in [-0.4, -0.2) is 53.6 Å². The van der Waals surface area contributed by atoms with Crippen molar-refractivity contribution in [1.29, 1.82) is 0 Å². The Morgan fingerprint density at radius 2 is 1.76 bits per heavy atom. The topological polar surface area (TPSA) is 58.6 Å². The molecule has 1 aliphatic rings. The van der Waals surface area contributed by atoms with Crippen LogP contribution in [0.5, 0.6) is 0 Å². The quantitative estimate of drug-likeness (QED) is 0.792. The van der Waals surface area contributed by atoms with Crippen LogP contribution in [-0.2, 0) is 9.53 Å². The van der Waals surface area contributed by atoms with Crippen molar-refractivity contribution < 1.29 is 14.3 Å². The Balaban J connectivity index is 2.08. The largest absolute Gasteiger partial charge is 0.444 e. The number of nitrogens with one attached hydrogen (secondary N) is 1. The van der Waals surface area contributed by atoms with Gasteiger partial charge in [0.1, 0.15) is 5.60 Å². The summed E-state index contributed by atoms with van der Waals surface area (Å²) in [6, 6.07) is 0. The van der Waals surface area contributed by atoms with Gasteiger partial charge in [0.15, 0.2) is 0 Å². The van der Waals surface area contributed by atoms with Crippen molar-refractivity contribution in [2.45, 2.75) is 52.1 Å². The first-order valence-corrected chi connectivity index (χ1v) is 8.86. The van der Waals surface area contributed by atoms with Gasteiger partial charge in [-0.2, -0.15) is 11.8 Å². The van der Waals surface area contributed by atoms with Crippen molar-refractivity contribution in [3.05, 3.63) is 0 Å². The average molecular weight is 316 g/mol. The highest BCUT2D eigenvalue weighted by molar-refractivity contribution is 7.99. The molecular weight excluding hydrogens is 288 g/mol. The first-order chi connectivity index (χ1) is 9.88. The number of hydrogen-bond donors (Lipinski definition) is 1. The van der Waals surface area contributed by atoms with Crippen LogP contribution in [0.15, 0.2) is 0 Å². The van der Waals surface area contributed by atoms with Gasteiger partial charge in [0.2, 0.25) is 5.91 Å². The molecule has 1 rings (SSSR count). The van der Waals surface area contributed by atoms with E-state index in [0.29, 0.717) is 12.3 Å². The molecule has 6 heteroatoms. The van der Waals surface area contributed by atoms with Gasteiger partial charge in [0.25, 0.3) is 0 Å². The van der Waals surface area contributed by atoms with E-state index in [1.807, 2.05) is 25.7 Å². The Hall–Kier alpha value is -0.910. The van der Waals surface area contributed by atoms with Gasteiger partial charge in [-0.05, 0) is 33.6 Å². The molecule has 1 saturated heterocycles. The van der Waals surface area contributed by atoms with Crippen LogP contribution in [0, 0.1) is 0 Å². The number of amides is 2. The summed E-state index contributed by atoms with van der Waals surface area (Å²) in [5.41, 5.74) is -0.472. The molecule has 0 aromatic carbocycles. The zero-order chi connectivity index (χ0) is 15.7. The predicted octanol–water partition coefficient (Wildman–Crippen LogP) is 2.65. The predicted molar refractivity (Wildman–Crippen MR) is 86.6 cm³/mol. The van der Waals surface area contributed by atoms with Crippen molar-refractivity contribution in [3.8, 4) is 0 Å². The van der Waals surface area contributed by atoms with Crippen molar-refractivity contribution in [3.63, 3.8) is 0 Å². The number of ether oxygens (including phenoxy) is 1. The minimum Gasteiger partial charge on any atom is -0.444 e. The van der Waals surface area contributed by atoms with Crippen LogP contribution in [0.25, 0.3) is 0 Å². The maximum absolute atomic E-state index is 12.0. The maximum Gasteiger partial charge on any atom is 0.407 e. The molecule has 5 nitrogen and oxygen atoms in total. The summed E-state index contributed by atoms with van der Waals surface area (Å²) in [6.07, 6.45) is 4.31. The summed E-state index contributed by atoms with van der Waals surface area (Å²) in [5, 5.41) is 2.70. The van der Waals surface area contributed by atoms with E-state index in [-0.39, 0.29) is 5.91 Å². The molecule has 0 unspecified atom stereocenters. The number of likely N-dealkylation sites (tertiary alicyclic amines) is 1. The fourth-order valence-corrected chi connectivity index (χ4v) is 2.86. The summed E-state index contributed by atoms with van der Waals surface area (Å²) in [6.45, 7) is 7.82. The molecule has 2 amide bonds. The summed E-state index contributed by atoms with van der Waals surface area (Å²) in [4.78, 5) is 25.4. The second kappa shape index (κ2) is 9.18. The van der Waals surface area contributed by atoms with E-state index in [4.69, 9.17) is 4.74 Å². The van der Waals surface area contributed by atoms with E-state index < -0.39 is 11.7 Å². The van der Waals surface area contributed by atoms with Crippen LogP contribution in [0.1, 0.15) is 46.5 Å². The summed E-state index contributed by atoms with van der Waals surface area (Å²) < 4.78 is 5.14. The van der Waals surface area contributed by atoms with E-state index in [1.54, 1.807) is 11.8 Å². The molecule has 1 heterocycles.